The van der Waals surface area contributed by atoms with Crippen LogP contribution in [0.4, 0.5) is 11.4 Å². The Kier molecular flexibility index (Phi) is 4.04. The number of carbonyl (C=O) groups is 3. The SMILES string of the molecule is Cc1cccc(NC2CC(=O)N(c3ccc(C(=O)O)cc3)C2=O)c1. The molecule has 3 rings (SSSR count). The average molecular weight is 324 g/mol. The van der Waals surface area contributed by atoms with Crippen molar-refractivity contribution in [2.45, 2.75) is 19.4 Å². The maximum Gasteiger partial charge on any atom is 0.335 e. The summed E-state index contributed by atoms with van der Waals surface area (Å²) in [6.45, 7) is 1.95. The van der Waals surface area contributed by atoms with Crippen LogP contribution in [0.5, 0.6) is 0 Å². The third-order valence-electron chi connectivity index (χ3n) is 3.88. The van der Waals surface area contributed by atoms with Crippen LogP contribution >= 0.6 is 0 Å². The highest BCUT2D eigenvalue weighted by atomic mass is 16.4. The molecule has 6 heteroatoms. The van der Waals surface area contributed by atoms with Crippen molar-refractivity contribution in [1.29, 1.82) is 0 Å². The molecule has 0 radical (unpaired) electrons. The highest BCUT2D eigenvalue weighted by molar-refractivity contribution is 6.23. The predicted octanol–water partition coefficient (Wildman–Crippen LogP) is 2.44. The number of rotatable bonds is 4. The molecule has 24 heavy (non-hydrogen) atoms. The average Bonchev–Trinajstić information content (AvgIpc) is 2.81. The minimum Gasteiger partial charge on any atom is -0.478 e. The Bertz CT molecular complexity index is 814. The zero-order valence-electron chi connectivity index (χ0n) is 13.0. The van der Waals surface area contributed by atoms with Gasteiger partial charge in [0.1, 0.15) is 6.04 Å². The standard InChI is InChI=1S/C18H16N2O4/c1-11-3-2-4-13(9-11)19-15-10-16(21)20(17(15)22)14-7-5-12(6-8-14)18(23)24/h2-9,15,19H,10H2,1H3,(H,23,24). The first kappa shape index (κ1) is 15.7. The van der Waals surface area contributed by atoms with Crippen LogP contribution < -0.4 is 10.2 Å². The molecule has 0 saturated carbocycles. The molecule has 1 unspecified atom stereocenters. The van der Waals surface area contributed by atoms with Crippen LogP contribution in [0.3, 0.4) is 0 Å². The number of amides is 2. The summed E-state index contributed by atoms with van der Waals surface area (Å²) < 4.78 is 0. The number of hydrogen-bond donors (Lipinski definition) is 2. The molecule has 122 valence electrons. The highest BCUT2D eigenvalue weighted by Crippen LogP contribution is 2.25. The van der Waals surface area contributed by atoms with E-state index in [9.17, 15) is 14.4 Å². The normalized spacial score (nSPS) is 17.2. The van der Waals surface area contributed by atoms with Crippen molar-refractivity contribution >= 4 is 29.2 Å². The van der Waals surface area contributed by atoms with Gasteiger partial charge in [-0.1, -0.05) is 12.1 Å². The van der Waals surface area contributed by atoms with Gasteiger partial charge in [0.15, 0.2) is 0 Å². The van der Waals surface area contributed by atoms with Gasteiger partial charge in [-0.05, 0) is 48.9 Å². The molecule has 1 saturated heterocycles. The van der Waals surface area contributed by atoms with E-state index in [0.717, 1.165) is 16.2 Å². The second-order valence-corrected chi connectivity index (χ2v) is 5.69. The maximum absolute atomic E-state index is 12.6. The molecule has 2 aromatic rings. The number of carboxylic acid groups (broad SMARTS) is 1. The first-order valence-electron chi connectivity index (χ1n) is 7.49. The van der Waals surface area contributed by atoms with Gasteiger partial charge < -0.3 is 10.4 Å². The van der Waals surface area contributed by atoms with Gasteiger partial charge >= 0.3 is 5.97 Å². The van der Waals surface area contributed by atoms with E-state index in [0.29, 0.717) is 5.69 Å². The van der Waals surface area contributed by atoms with Gasteiger partial charge in [0.05, 0.1) is 17.7 Å². The Morgan fingerprint density at radius 3 is 2.50 bits per heavy atom. The van der Waals surface area contributed by atoms with Crippen molar-refractivity contribution in [3.8, 4) is 0 Å². The summed E-state index contributed by atoms with van der Waals surface area (Å²) in [6, 6.07) is 12.6. The lowest BCUT2D eigenvalue weighted by Gasteiger charge is -2.16. The van der Waals surface area contributed by atoms with E-state index in [1.54, 1.807) is 0 Å². The molecule has 1 fully saturated rings. The fourth-order valence-corrected chi connectivity index (χ4v) is 2.71. The van der Waals surface area contributed by atoms with Crippen LogP contribution in [0.2, 0.25) is 0 Å². The maximum atomic E-state index is 12.6. The summed E-state index contributed by atoms with van der Waals surface area (Å²) in [5, 5.41) is 12.0. The monoisotopic (exact) mass is 324 g/mol. The van der Waals surface area contributed by atoms with Gasteiger partial charge in [0.25, 0.3) is 5.91 Å². The van der Waals surface area contributed by atoms with Crippen LogP contribution in [-0.2, 0) is 9.59 Å². The lowest BCUT2D eigenvalue weighted by Crippen LogP contribution is -2.34. The molecular weight excluding hydrogens is 308 g/mol. The minimum absolute atomic E-state index is 0.0630. The lowest BCUT2D eigenvalue weighted by atomic mass is 10.2. The number of nitrogens with zero attached hydrogens (tertiary/aromatic N) is 1. The molecule has 1 aliphatic rings. The van der Waals surface area contributed by atoms with Crippen LogP contribution in [0.25, 0.3) is 0 Å². The van der Waals surface area contributed by atoms with Crippen molar-refractivity contribution in [2.24, 2.45) is 0 Å². The first-order chi connectivity index (χ1) is 11.5. The number of anilines is 2. The summed E-state index contributed by atoms with van der Waals surface area (Å²) in [5.74, 6) is -1.71. The predicted molar refractivity (Wildman–Crippen MR) is 89.1 cm³/mol. The molecule has 2 N–H and O–H groups in total. The molecule has 1 atom stereocenters. The molecule has 0 bridgehead atoms. The number of benzene rings is 2. The van der Waals surface area contributed by atoms with Crippen molar-refractivity contribution in [1.82, 2.24) is 0 Å². The van der Waals surface area contributed by atoms with E-state index in [4.69, 9.17) is 5.11 Å². The van der Waals surface area contributed by atoms with Crippen molar-refractivity contribution < 1.29 is 19.5 Å². The molecule has 2 aromatic carbocycles. The van der Waals surface area contributed by atoms with E-state index >= 15 is 0 Å². The van der Waals surface area contributed by atoms with Crippen LogP contribution in [0, 0.1) is 6.92 Å². The Labute approximate surface area is 138 Å². The summed E-state index contributed by atoms with van der Waals surface area (Å²) in [4.78, 5) is 36.8. The number of carbonyl (C=O) groups excluding carboxylic acids is 2. The van der Waals surface area contributed by atoms with Crippen molar-refractivity contribution in [3.05, 3.63) is 59.7 Å². The minimum atomic E-state index is -1.06. The molecule has 2 amide bonds. The van der Waals surface area contributed by atoms with E-state index in [1.807, 2.05) is 31.2 Å². The number of nitrogens with one attached hydrogen (secondary N) is 1. The second-order valence-electron chi connectivity index (χ2n) is 5.69. The molecule has 6 nitrogen and oxygen atoms in total. The smallest absolute Gasteiger partial charge is 0.335 e. The van der Waals surface area contributed by atoms with Gasteiger partial charge in [-0.3, -0.25) is 9.59 Å². The first-order valence-corrected chi connectivity index (χ1v) is 7.49. The van der Waals surface area contributed by atoms with Gasteiger partial charge in [-0.15, -0.1) is 0 Å². The zero-order chi connectivity index (χ0) is 17.3. The molecular formula is C18H16N2O4. The number of aromatic carboxylic acids is 1. The summed E-state index contributed by atoms with van der Waals surface area (Å²) in [6.07, 6.45) is 0.0630. The van der Waals surface area contributed by atoms with Crippen molar-refractivity contribution in [3.63, 3.8) is 0 Å². The van der Waals surface area contributed by atoms with E-state index in [-0.39, 0.29) is 23.8 Å². The quantitative estimate of drug-likeness (QED) is 0.844. The largest absolute Gasteiger partial charge is 0.478 e. The Balaban J connectivity index is 1.80. The van der Waals surface area contributed by atoms with E-state index in [2.05, 4.69) is 5.32 Å². The molecule has 0 spiro atoms. The third-order valence-corrected chi connectivity index (χ3v) is 3.88. The molecule has 1 heterocycles. The number of carboxylic acids is 1. The second kappa shape index (κ2) is 6.16. The van der Waals surface area contributed by atoms with Crippen LogP contribution in [-0.4, -0.2) is 28.9 Å². The lowest BCUT2D eigenvalue weighted by molar-refractivity contribution is -0.121. The molecule has 0 aromatic heterocycles. The summed E-state index contributed by atoms with van der Waals surface area (Å²) >= 11 is 0. The summed E-state index contributed by atoms with van der Waals surface area (Å²) in [5.41, 5.74) is 2.32. The summed E-state index contributed by atoms with van der Waals surface area (Å²) in [7, 11) is 0. The van der Waals surface area contributed by atoms with Crippen molar-refractivity contribution in [2.75, 3.05) is 10.2 Å². The topological polar surface area (TPSA) is 86.7 Å². The van der Waals surface area contributed by atoms with Crippen LogP contribution in [0.1, 0.15) is 22.3 Å². The van der Waals surface area contributed by atoms with E-state index in [1.165, 1.54) is 24.3 Å². The fourth-order valence-electron chi connectivity index (χ4n) is 2.71. The fraction of sp³-hybridized carbons (Fsp3) is 0.167. The molecule has 1 aliphatic heterocycles. The zero-order valence-corrected chi connectivity index (χ0v) is 13.0. The third kappa shape index (κ3) is 2.99. The van der Waals surface area contributed by atoms with Gasteiger partial charge in [-0.2, -0.15) is 0 Å². The Morgan fingerprint density at radius 1 is 1.17 bits per heavy atom. The molecule has 0 aliphatic carbocycles. The Hall–Kier alpha value is -3.15. The number of hydrogen-bond acceptors (Lipinski definition) is 4. The Morgan fingerprint density at radius 2 is 1.88 bits per heavy atom. The van der Waals surface area contributed by atoms with Gasteiger partial charge in [0.2, 0.25) is 5.91 Å². The van der Waals surface area contributed by atoms with Crippen LogP contribution in [0.15, 0.2) is 48.5 Å². The number of aryl methyl sites for hydroxylation is 1. The van der Waals surface area contributed by atoms with Gasteiger partial charge in [-0.25, -0.2) is 9.69 Å². The highest BCUT2D eigenvalue weighted by Gasteiger charge is 2.39. The van der Waals surface area contributed by atoms with E-state index < -0.39 is 12.0 Å². The number of imide groups is 1. The van der Waals surface area contributed by atoms with Gasteiger partial charge in [0, 0.05) is 5.69 Å².